The van der Waals surface area contributed by atoms with Gasteiger partial charge < -0.3 is 0 Å². The molecule has 0 radical (unpaired) electrons. The van der Waals surface area contributed by atoms with Crippen molar-refractivity contribution >= 4 is 11.6 Å². The summed E-state index contributed by atoms with van der Waals surface area (Å²) < 4.78 is 0. The highest BCUT2D eigenvalue weighted by Crippen LogP contribution is 2.31. The van der Waals surface area contributed by atoms with Gasteiger partial charge in [-0.15, -0.1) is 0 Å². The second-order valence-electron chi connectivity index (χ2n) is 6.59. The summed E-state index contributed by atoms with van der Waals surface area (Å²) in [6.45, 7) is 0.944. The Balaban J connectivity index is 1.72. The molecule has 21 heavy (non-hydrogen) atoms. The zero-order valence-corrected chi connectivity index (χ0v) is 13.6. The van der Waals surface area contributed by atoms with Crippen LogP contribution in [0.5, 0.6) is 0 Å². The Hall–Kier alpha value is -0.670. The van der Waals surface area contributed by atoms with Crippen molar-refractivity contribution in [3.05, 3.63) is 23.2 Å². The maximum Gasteiger partial charge on any atom is 0.147 e. The highest BCUT2D eigenvalue weighted by molar-refractivity contribution is 6.29. The van der Waals surface area contributed by atoms with Gasteiger partial charge in [0.25, 0.3) is 0 Å². The summed E-state index contributed by atoms with van der Waals surface area (Å²) in [6, 6.07) is 1.50. The minimum Gasteiger partial charge on any atom is -0.292 e. The zero-order valence-electron chi connectivity index (χ0n) is 12.8. The van der Waals surface area contributed by atoms with Gasteiger partial charge in [-0.3, -0.25) is 9.88 Å². The lowest BCUT2D eigenvalue weighted by atomic mass is 9.88. The van der Waals surface area contributed by atoms with Crippen LogP contribution in [0.4, 0.5) is 0 Å². The summed E-state index contributed by atoms with van der Waals surface area (Å²) in [6.07, 6.45) is 17.3. The first-order valence-electron chi connectivity index (χ1n) is 8.55. The molecule has 0 N–H and O–H groups in total. The molecule has 4 heteroatoms. The zero-order chi connectivity index (χ0) is 14.5. The Labute approximate surface area is 133 Å². The molecular formula is C17H26ClN3. The van der Waals surface area contributed by atoms with E-state index in [0.29, 0.717) is 5.15 Å². The van der Waals surface area contributed by atoms with Crippen LogP contribution in [0.2, 0.25) is 5.15 Å². The molecule has 0 amide bonds. The number of rotatable bonds is 4. The first kappa shape index (κ1) is 15.2. The molecular weight excluding hydrogens is 282 g/mol. The summed E-state index contributed by atoms with van der Waals surface area (Å²) in [7, 11) is 0. The molecule has 0 atom stereocenters. The van der Waals surface area contributed by atoms with Gasteiger partial charge in [0.05, 0.1) is 18.1 Å². The maximum atomic E-state index is 5.86. The highest BCUT2D eigenvalue weighted by atomic mass is 35.5. The van der Waals surface area contributed by atoms with Gasteiger partial charge in [-0.2, -0.15) is 0 Å². The lowest BCUT2D eigenvalue weighted by molar-refractivity contribution is 0.0717. The standard InChI is InChI=1S/C17H26ClN3/c18-17-12-19-14(11-20-17)13-21(15-7-3-1-4-8-15)16-9-5-2-6-10-16/h11-12,15-16H,1-10,13H2. The third-order valence-electron chi connectivity index (χ3n) is 5.11. The fourth-order valence-corrected chi connectivity index (χ4v) is 4.09. The first-order chi connectivity index (χ1) is 10.3. The van der Waals surface area contributed by atoms with Gasteiger partial charge in [-0.1, -0.05) is 50.1 Å². The van der Waals surface area contributed by atoms with Crippen LogP contribution in [0.25, 0.3) is 0 Å². The summed E-state index contributed by atoms with van der Waals surface area (Å²) in [4.78, 5) is 11.4. The van der Waals surface area contributed by atoms with Crippen molar-refractivity contribution < 1.29 is 0 Å². The van der Waals surface area contributed by atoms with Gasteiger partial charge in [0.2, 0.25) is 0 Å². The van der Waals surface area contributed by atoms with Gasteiger partial charge in [0.1, 0.15) is 5.15 Å². The minimum atomic E-state index is 0.487. The number of hydrogen-bond acceptors (Lipinski definition) is 3. The minimum absolute atomic E-state index is 0.487. The van der Waals surface area contributed by atoms with Gasteiger partial charge in [0.15, 0.2) is 0 Å². The van der Waals surface area contributed by atoms with E-state index in [2.05, 4.69) is 14.9 Å². The van der Waals surface area contributed by atoms with Crippen molar-refractivity contribution in [1.82, 2.24) is 14.9 Å². The van der Waals surface area contributed by atoms with E-state index >= 15 is 0 Å². The van der Waals surface area contributed by atoms with E-state index in [4.69, 9.17) is 11.6 Å². The van der Waals surface area contributed by atoms with Crippen LogP contribution in [0.1, 0.15) is 69.9 Å². The van der Waals surface area contributed by atoms with Gasteiger partial charge >= 0.3 is 0 Å². The average molecular weight is 308 g/mol. The van der Waals surface area contributed by atoms with Crippen LogP contribution in [0.15, 0.2) is 12.4 Å². The molecule has 1 heterocycles. The Kier molecular flexibility index (Phi) is 5.48. The Bertz CT molecular complexity index is 404. The molecule has 3 rings (SSSR count). The molecule has 1 aromatic heterocycles. The van der Waals surface area contributed by atoms with Crippen molar-refractivity contribution in [2.75, 3.05) is 0 Å². The second-order valence-corrected chi connectivity index (χ2v) is 6.97. The lowest BCUT2D eigenvalue weighted by Crippen LogP contribution is -2.44. The third-order valence-corrected chi connectivity index (χ3v) is 5.30. The molecule has 2 fully saturated rings. The van der Waals surface area contributed by atoms with E-state index < -0.39 is 0 Å². The molecule has 2 aliphatic rings. The van der Waals surface area contributed by atoms with E-state index in [1.807, 2.05) is 6.20 Å². The van der Waals surface area contributed by atoms with Crippen molar-refractivity contribution in [3.8, 4) is 0 Å². The van der Waals surface area contributed by atoms with Gasteiger partial charge in [-0.25, -0.2) is 4.98 Å². The smallest absolute Gasteiger partial charge is 0.147 e. The molecule has 2 saturated carbocycles. The maximum absolute atomic E-state index is 5.86. The molecule has 0 aliphatic heterocycles. The summed E-state index contributed by atoms with van der Waals surface area (Å²) in [5.74, 6) is 0. The molecule has 3 nitrogen and oxygen atoms in total. The lowest BCUT2D eigenvalue weighted by Gasteiger charge is -2.41. The molecule has 0 unspecified atom stereocenters. The van der Waals surface area contributed by atoms with Crippen molar-refractivity contribution in [2.24, 2.45) is 0 Å². The van der Waals surface area contributed by atoms with E-state index in [9.17, 15) is 0 Å². The molecule has 1 aromatic rings. The van der Waals surface area contributed by atoms with Crippen LogP contribution in [0.3, 0.4) is 0 Å². The number of aromatic nitrogens is 2. The van der Waals surface area contributed by atoms with Crippen LogP contribution in [-0.4, -0.2) is 27.0 Å². The molecule has 0 bridgehead atoms. The fourth-order valence-electron chi connectivity index (χ4n) is 3.99. The normalized spacial score (nSPS) is 21.8. The van der Waals surface area contributed by atoms with E-state index in [0.717, 1.165) is 24.3 Å². The van der Waals surface area contributed by atoms with Gasteiger partial charge in [0, 0.05) is 18.6 Å². The van der Waals surface area contributed by atoms with Crippen LogP contribution in [-0.2, 0) is 6.54 Å². The monoisotopic (exact) mass is 307 g/mol. The quantitative estimate of drug-likeness (QED) is 0.814. The molecule has 0 spiro atoms. The first-order valence-corrected chi connectivity index (χ1v) is 8.93. The summed E-state index contributed by atoms with van der Waals surface area (Å²) >= 11 is 5.86. The van der Waals surface area contributed by atoms with Crippen molar-refractivity contribution in [2.45, 2.75) is 82.8 Å². The van der Waals surface area contributed by atoms with E-state index in [-0.39, 0.29) is 0 Å². The molecule has 0 aromatic carbocycles. The van der Waals surface area contributed by atoms with Crippen LogP contribution < -0.4 is 0 Å². The Morgan fingerprint density at radius 3 is 1.90 bits per heavy atom. The highest BCUT2D eigenvalue weighted by Gasteiger charge is 2.29. The Morgan fingerprint density at radius 2 is 1.43 bits per heavy atom. The van der Waals surface area contributed by atoms with Crippen molar-refractivity contribution in [3.63, 3.8) is 0 Å². The van der Waals surface area contributed by atoms with Crippen LogP contribution >= 0.6 is 11.6 Å². The molecule has 2 aliphatic carbocycles. The number of halogens is 1. The summed E-state index contributed by atoms with van der Waals surface area (Å²) in [5.41, 5.74) is 1.07. The third kappa shape index (κ3) is 4.17. The van der Waals surface area contributed by atoms with Gasteiger partial charge in [-0.05, 0) is 25.7 Å². The average Bonchev–Trinajstić information content (AvgIpc) is 2.56. The second kappa shape index (κ2) is 7.55. The largest absolute Gasteiger partial charge is 0.292 e. The van der Waals surface area contributed by atoms with Crippen molar-refractivity contribution in [1.29, 1.82) is 0 Å². The number of hydrogen-bond donors (Lipinski definition) is 0. The topological polar surface area (TPSA) is 29.0 Å². The predicted molar refractivity (Wildman–Crippen MR) is 86.3 cm³/mol. The molecule has 116 valence electrons. The van der Waals surface area contributed by atoms with Crippen LogP contribution in [0, 0.1) is 0 Å². The van der Waals surface area contributed by atoms with E-state index in [1.54, 1.807) is 6.20 Å². The SMILES string of the molecule is Clc1cnc(CN(C2CCCCC2)C2CCCCC2)cn1. The molecule has 0 saturated heterocycles. The summed E-state index contributed by atoms with van der Waals surface area (Å²) in [5, 5.41) is 0.487. The number of nitrogens with zero attached hydrogens (tertiary/aromatic N) is 3. The Morgan fingerprint density at radius 1 is 0.857 bits per heavy atom. The van der Waals surface area contributed by atoms with E-state index in [1.165, 1.54) is 64.2 Å². The fraction of sp³-hybridized carbons (Fsp3) is 0.765. The predicted octanol–water partition coefficient (Wildman–Crippen LogP) is 4.60.